The van der Waals surface area contributed by atoms with E-state index in [2.05, 4.69) is 10.6 Å². The Morgan fingerprint density at radius 3 is 3.16 bits per heavy atom. The van der Waals surface area contributed by atoms with Crippen LogP contribution in [0.3, 0.4) is 0 Å². The zero-order valence-corrected chi connectivity index (χ0v) is 11.9. The van der Waals surface area contributed by atoms with E-state index in [0.29, 0.717) is 23.1 Å². The molecule has 0 bridgehead atoms. The molecule has 1 fully saturated rings. The molecule has 0 spiro atoms. The Morgan fingerprint density at radius 2 is 2.53 bits per heavy atom. The third kappa shape index (κ3) is 3.37. The van der Waals surface area contributed by atoms with Crippen LogP contribution >= 0.6 is 22.9 Å². The van der Waals surface area contributed by atoms with Crippen molar-refractivity contribution in [3.05, 3.63) is 15.8 Å². The van der Waals surface area contributed by atoms with Gasteiger partial charge in [-0.1, -0.05) is 11.6 Å². The number of hydrogen-bond acceptors (Lipinski definition) is 4. The number of nitrogens with one attached hydrogen (secondary N) is 2. The minimum Gasteiger partial charge on any atom is -0.382 e. The van der Waals surface area contributed by atoms with Gasteiger partial charge in [-0.3, -0.25) is 4.79 Å². The van der Waals surface area contributed by atoms with Gasteiger partial charge in [-0.2, -0.15) is 0 Å². The molecule has 1 aliphatic rings. The van der Waals surface area contributed by atoms with Gasteiger partial charge in [-0.25, -0.2) is 4.79 Å². The monoisotopic (exact) mass is 303 g/mol. The summed E-state index contributed by atoms with van der Waals surface area (Å²) in [5.74, 6) is -0.202. The maximum atomic E-state index is 12.1. The minimum atomic E-state index is -0.604. The number of methoxy groups -OCH3 is 1. The van der Waals surface area contributed by atoms with Crippen LogP contribution < -0.4 is 10.6 Å². The number of thiophene rings is 1. The van der Waals surface area contributed by atoms with Gasteiger partial charge in [0.25, 0.3) is 0 Å². The highest BCUT2D eigenvalue weighted by Crippen LogP contribution is 2.24. The van der Waals surface area contributed by atoms with E-state index < -0.39 is 6.04 Å². The molecule has 19 heavy (non-hydrogen) atoms. The Morgan fingerprint density at radius 1 is 1.74 bits per heavy atom. The lowest BCUT2D eigenvalue weighted by Crippen LogP contribution is -2.59. The van der Waals surface area contributed by atoms with Gasteiger partial charge in [-0.15, -0.1) is 11.3 Å². The normalized spacial score (nSPS) is 19.2. The first-order chi connectivity index (χ1) is 9.11. The summed E-state index contributed by atoms with van der Waals surface area (Å²) in [6.45, 7) is 1.06. The fraction of sp³-hybridized carbons (Fsp3) is 0.455. The summed E-state index contributed by atoms with van der Waals surface area (Å²) in [4.78, 5) is 25.3. The number of hydrogen-bond donors (Lipinski definition) is 2. The lowest BCUT2D eigenvalue weighted by Gasteiger charge is -2.34. The summed E-state index contributed by atoms with van der Waals surface area (Å²) < 4.78 is 5.58. The number of halogens is 1. The molecule has 8 heteroatoms. The first-order valence-electron chi connectivity index (χ1n) is 5.70. The van der Waals surface area contributed by atoms with E-state index in [1.165, 1.54) is 23.3 Å². The second-order valence-corrected chi connectivity index (χ2v) is 5.57. The molecule has 0 unspecified atom stereocenters. The van der Waals surface area contributed by atoms with Gasteiger partial charge >= 0.3 is 6.03 Å². The van der Waals surface area contributed by atoms with E-state index >= 15 is 0 Å². The average molecular weight is 304 g/mol. The molecule has 0 radical (unpaired) electrons. The second kappa shape index (κ2) is 6.23. The Bertz CT molecular complexity index is 480. The number of piperazine rings is 1. The highest BCUT2D eigenvalue weighted by atomic mass is 35.5. The average Bonchev–Trinajstić information content (AvgIpc) is 2.77. The maximum absolute atomic E-state index is 12.1. The lowest BCUT2D eigenvalue weighted by molar-refractivity contribution is -0.129. The molecule has 1 aliphatic heterocycles. The number of ether oxygens (including phenoxy) is 1. The molecule has 0 saturated carbocycles. The van der Waals surface area contributed by atoms with Crippen molar-refractivity contribution in [3.63, 3.8) is 0 Å². The van der Waals surface area contributed by atoms with Crippen molar-refractivity contribution >= 4 is 40.6 Å². The number of rotatable bonds is 3. The Kier molecular flexibility index (Phi) is 4.62. The number of anilines is 1. The van der Waals surface area contributed by atoms with Gasteiger partial charge in [0, 0.05) is 25.6 Å². The predicted molar refractivity (Wildman–Crippen MR) is 73.7 cm³/mol. The third-order valence-electron chi connectivity index (χ3n) is 2.73. The standard InChI is InChI=1S/C11H14ClN3O3S/c1-18-5-8-10(16)13-2-3-15(8)11(17)14-7-4-9(12)19-6-7/h4,6,8H,2-3,5H2,1H3,(H,13,16)(H,14,17)/t8-/m0/s1. The fourth-order valence-corrected chi connectivity index (χ4v) is 2.66. The summed E-state index contributed by atoms with van der Waals surface area (Å²) in [5.41, 5.74) is 0.627. The zero-order chi connectivity index (χ0) is 13.8. The van der Waals surface area contributed by atoms with E-state index in [9.17, 15) is 9.59 Å². The van der Waals surface area contributed by atoms with Crippen molar-refractivity contribution in [2.75, 3.05) is 32.1 Å². The molecule has 3 amide bonds. The van der Waals surface area contributed by atoms with E-state index in [0.717, 1.165) is 0 Å². The summed E-state index contributed by atoms with van der Waals surface area (Å²) in [5, 5.41) is 7.17. The molecule has 0 aliphatic carbocycles. The van der Waals surface area contributed by atoms with Crippen LogP contribution in [0.1, 0.15) is 0 Å². The van der Waals surface area contributed by atoms with Gasteiger partial charge in [0.1, 0.15) is 6.04 Å². The fourth-order valence-electron chi connectivity index (χ4n) is 1.85. The smallest absolute Gasteiger partial charge is 0.322 e. The van der Waals surface area contributed by atoms with Gasteiger partial charge in [0.15, 0.2) is 0 Å². The molecular weight excluding hydrogens is 290 g/mol. The van der Waals surface area contributed by atoms with E-state index in [-0.39, 0.29) is 18.5 Å². The number of carbonyl (C=O) groups excluding carboxylic acids is 2. The largest absolute Gasteiger partial charge is 0.382 e. The maximum Gasteiger partial charge on any atom is 0.322 e. The van der Waals surface area contributed by atoms with Gasteiger partial charge in [0.2, 0.25) is 5.91 Å². The topological polar surface area (TPSA) is 70.7 Å². The third-order valence-corrected chi connectivity index (χ3v) is 3.83. The first kappa shape index (κ1) is 14.1. The molecule has 1 aromatic rings. The van der Waals surface area contributed by atoms with Crippen molar-refractivity contribution in [1.82, 2.24) is 10.2 Å². The minimum absolute atomic E-state index is 0.170. The van der Waals surface area contributed by atoms with Crippen LogP contribution in [0.5, 0.6) is 0 Å². The summed E-state index contributed by atoms with van der Waals surface area (Å²) in [6.07, 6.45) is 0. The summed E-state index contributed by atoms with van der Waals surface area (Å²) in [6, 6.07) is 0.735. The van der Waals surface area contributed by atoms with Crippen LogP contribution in [0.2, 0.25) is 4.34 Å². The number of carbonyl (C=O) groups is 2. The van der Waals surface area contributed by atoms with Crippen LogP contribution in [0, 0.1) is 0 Å². The van der Waals surface area contributed by atoms with Crippen LogP contribution in [0.4, 0.5) is 10.5 Å². The highest BCUT2D eigenvalue weighted by molar-refractivity contribution is 7.14. The highest BCUT2D eigenvalue weighted by Gasteiger charge is 2.33. The molecule has 2 rings (SSSR count). The molecule has 2 heterocycles. The Balaban J connectivity index is 2.05. The van der Waals surface area contributed by atoms with Crippen molar-refractivity contribution in [1.29, 1.82) is 0 Å². The Hall–Kier alpha value is -1.31. The van der Waals surface area contributed by atoms with E-state index in [4.69, 9.17) is 16.3 Å². The van der Waals surface area contributed by atoms with Gasteiger partial charge in [-0.05, 0) is 6.07 Å². The number of amides is 3. The molecule has 1 saturated heterocycles. The van der Waals surface area contributed by atoms with Crippen LogP contribution in [0.15, 0.2) is 11.4 Å². The number of nitrogens with zero attached hydrogens (tertiary/aromatic N) is 1. The predicted octanol–water partition coefficient (Wildman–Crippen LogP) is 1.38. The van der Waals surface area contributed by atoms with E-state index in [1.807, 2.05) is 0 Å². The summed E-state index contributed by atoms with van der Waals surface area (Å²) >= 11 is 7.13. The molecule has 1 atom stereocenters. The van der Waals surface area contributed by atoms with Crippen molar-refractivity contribution < 1.29 is 14.3 Å². The molecule has 0 aromatic carbocycles. The van der Waals surface area contributed by atoms with E-state index in [1.54, 1.807) is 11.4 Å². The SMILES string of the molecule is COC[C@H]1C(=O)NCCN1C(=O)Nc1csc(Cl)c1. The Labute approximate surface area is 119 Å². The molecule has 2 N–H and O–H groups in total. The summed E-state index contributed by atoms with van der Waals surface area (Å²) in [7, 11) is 1.50. The molecule has 6 nitrogen and oxygen atoms in total. The zero-order valence-electron chi connectivity index (χ0n) is 10.3. The number of urea groups is 1. The molecular formula is C11H14ClN3O3S. The molecule has 104 valence electrons. The second-order valence-electron chi connectivity index (χ2n) is 4.03. The van der Waals surface area contributed by atoms with Crippen molar-refractivity contribution in [2.45, 2.75) is 6.04 Å². The quantitative estimate of drug-likeness (QED) is 0.886. The van der Waals surface area contributed by atoms with Crippen LogP contribution in [-0.2, 0) is 9.53 Å². The van der Waals surface area contributed by atoms with Crippen molar-refractivity contribution in [2.24, 2.45) is 0 Å². The van der Waals surface area contributed by atoms with Gasteiger partial charge < -0.3 is 20.3 Å². The van der Waals surface area contributed by atoms with Crippen LogP contribution in [-0.4, -0.2) is 49.7 Å². The lowest BCUT2D eigenvalue weighted by atomic mass is 10.2. The van der Waals surface area contributed by atoms with Crippen molar-refractivity contribution in [3.8, 4) is 0 Å². The van der Waals surface area contributed by atoms with Crippen LogP contribution in [0.25, 0.3) is 0 Å². The first-order valence-corrected chi connectivity index (χ1v) is 6.96. The molecule has 1 aromatic heterocycles. The van der Waals surface area contributed by atoms with Gasteiger partial charge in [0.05, 0.1) is 16.6 Å².